The van der Waals surface area contributed by atoms with Crippen LogP contribution >= 0.6 is 23.2 Å². The molecule has 0 amide bonds. The number of hydrogen-bond acceptors (Lipinski definition) is 2. The number of phenolic OH excluding ortho intramolecular Hbond substituents is 1. The van der Waals surface area contributed by atoms with Crippen molar-refractivity contribution in [2.75, 3.05) is 12.5 Å². The van der Waals surface area contributed by atoms with Crippen LogP contribution < -0.4 is 4.74 Å². The van der Waals surface area contributed by atoms with Gasteiger partial charge in [-0.05, 0) is 36.1 Å². The Bertz CT molecular complexity index is 526. The summed E-state index contributed by atoms with van der Waals surface area (Å²) in [4.78, 5) is 0. The Morgan fingerprint density at radius 1 is 1.18 bits per heavy atom. The maximum absolute atomic E-state index is 9.37. The van der Waals surface area contributed by atoms with Crippen molar-refractivity contribution in [2.45, 2.75) is 6.42 Å². The van der Waals surface area contributed by atoms with Gasteiger partial charge in [-0.1, -0.05) is 17.7 Å². The normalized spacial score (nSPS) is 10.7. The van der Waals surface area contributed by atoms with Crippen LogP contribution in [-0.2, 0) is 0 Å². The van der Waals surface area contributed by atoms with E-state index in [0.717, 1.165) is 17.2 Å². The van der Waals surface area contributed by atoms with Crippen LogP contribution in [0.2, 0.25) is 5.02 Å². The summed E-state index contributed by atoms with van der Waals surface area (Å²) in [5.41, 5.74) is 0. The number of fused-ring (bicyclic) bond motifs is 1. The summed E-state index contributed by atoms with van der Waals surface area (Å²) in [5, 5.41) is 11.7. The van der Waals surface area contributed by atoms with E-state index in [0.29, 0.717) is 23.3 Å². The molecule has 2 nitrogen and oxygen atoms in total. The van der Waals surface area contributed by atoms with Crippen LogP contribution in [0.25, 0.3) is 10.8 Å². The van der Waals surface area contributed by atoms with E-state index in [4.69, 9.17) is 27.9 Å². The fraction of sp³-hybridized carbons (Fsp3) is 0.231. The van der Waals surface area contributed by atoms with Crippen molar-refractivity contribution in [3.63, 3.8) is 0 Å². The van der Waals surface area contributed by atoms with Crippen molar-refractivity contribution in [2.24, 2.45) is 0 Å². The van der Waals surface area contributed by atoms with Crippen LogP contribution in [-0.4, -0.2) is 17.6 Å². The highest BCUT2D eigenvalue weighted by atomic mass is 35.5. The summed E-state index contributed by atoms with van der Waals surface area (Å²) in [6.45, 7) is 0.548. The van der Waals surface area contributed by atoms with Gasteiger partial charge < -0.3 is 9.84 Å². The number of aromatic hydroxyl groups is 1. The molecular formula is C13H12Cl2O2. The van der Waals surface area contributed by atoms with Crippen LogP contribution in [0, 0.1) is 0 Å². The van der Waals surface area contributed by atoms with E-state index in [-0.39, 0.29) is 5.75 Å². The molecule has 0 saturated carbocycles. The molecule has 2 aromatic carbocycles. The molecule has 0 saturated heterocycles. The lowest BCUT2D eigenvalue weighted by Crippen LogP contribution is -1.98. The number of hydrogen-bond donors (Lipinski definition) is 1. The van der Waals surface area contributed by atoms with Gasteiger partial charge in [0.1, 0.15) is 11.5 Å². The topological polar surface area (TPSA) is 29.5 Å². The Morgan fingerprint density at radius 3 is 2.76 bits per heavy atom. The van der Waals surface area contributed by atoms with Gasteiger partial charge in [-0.15, -0.1) is 11.6 Å². The molecule has 0 radical (unpaired) electrons. The van der Waals surface area contributed by atoms with E-state index in [1.807, 2.05) is 6.07 Å². The van der Waals surface area contributed by atoms with Crippen LogP contribution in [0.5, 0.6) is 11.5 Å². The Hall–Kier alpha value is -1.12. The van der Waals surface area contributed by atoms with E-state index >= 15 is 0 Å². The summed E-state index contributed by atoms with van der Waals surface area (Å²) in [7, 11) is 0. The lowest BCUT2D eigenvalue weighted by atomic mass is 10.1. The van der Waals surface area contributed by atoms with E-state index in [2.05, 4.69) is 0 Å². The lowest BCUT2D eigenvalue weighted by molar-refractivity contribution is 0.319. The molecule has 0 aliphatic heterocycles. The number of alkyl halides is 1. The Labute approximate surface area is 110 Å². The molecule has 2 rings (SSSR count). The monoisotopic (exact) mass is 270 g/mol. The molecule has 0 aromatic heterocycles. The minimum atomic E-state index is 0.226. The zero-order chi connectivity index (χ0) is 12.3. The van der Waals surface area contributed by atoms with Crippen molar-refractivity contribution in [3.05, 3.63) is 35.4 Å². The van der Waals surface area contributed by atoms with Gasteiger partial charge in [0.25, 0.3) is 0 Å². The fourth-order valence-electron chi connectivity index (χ4n) is 1.61. The number of ether oxygens (including phenoxy) is 1. The van der Waals surface area contributed by atoms with Gasteiger partial charge in [0.05, 0.1) is 11.6 Å². The number of halogens is 2. The van der Waals surface area contributed by atoms with E-state index in [1.165, 1.54) is 0 Å². The molecule has 0 aliphatic carbocycles. The van der Waals surface area contributed by atoms with Gasteiger partial charge in [-0.2, -0.15) is 0 Å². The number of phenols is 1. The Morgan fingerprint density at radius 2 is 2.00 bits per heavy atom. The minimum Gasteiger partial charge on any atom is -0.508 e. The molecular weight excluding hydrogens is 259 g/mol. The molecule has 0 heterocycles. The third-order valence-corrected chi connectivity index (χ3v) is 3.09. The molecule has 2 aromatic rings. The number of rotatable bonds is 4. The van der Waals surface area contributed by atoms with Crippen molar-refractivity contribution in [1.82, 2.24) is 0 Å². The first-order chi connectivity index (χ1) is 8.22. The van der Waals surface area contributed by atoms with E-state index in [9.17, 15) is 5.11 Å². The SMILES string of the molecule is Oc1ccc2c(Cl)c(OCCCCl)ccc2c1. The van der Waals surface area contributed by atoms with Gasteiger partial charge in [-0.3, -0.25) is 0 Å². The maximum atomic E-state index is 9.37. The molecule has 0 bridgehead atoms. The minimum absolute atomic E-state index is 0.226. The molecule has 0 unspecified atom stereocenters. The maximum Gasteiger partial charge on any atom is 0.138 e. The predicted octanol–water partition coefficient (Wildman–Crippen LogP) is 4.21. The molecule has 4 heteroatoms. The smallest absolute Gasteiger partial charge is 0.138 e. The Balaban J connectivity index is 2.33. The van der Waals surface area contributed by atoms with Gasteiger partial charge in [-0.25, -0.2) is 0 Å². The van der Waals surface area contributed by atoms with E-state index < -0.39 is 0 Å². The zero-order valence-corrected chi connectivity index (χ0v) is 10.6. The molecule has 1 N–H and O–H groups in total. The number of benzene rings is 2. The highest BCUT2D eigenvalue weighted by Crippen LogP contribution is 2.34. The van der Waals surface area contributed by atoms with Crippen molar-refractivity contribution >= 4 is 34.0 Å². The molecule has 0 atom stereocenters. The van der Waals surface area contributed by atoms with Gasteiger partial charge in [0.15, 0.2) is 0 Å². The first-order valence-corrected chi connectivity index (χ1v) is 6.23. The van der Waals surface area contributed by atoms with Crippen molar-refractivity contribution < 1.29 is 9.84 Å². The second-order valence-electron chi connectivity index (χ2n) is 3.67. The molecule has 0 spiro atoms. The van der Waals surface area contributed by atoms with Crippen LogP contribution in [0.4, 0.5) is 0 Å². The van der Waals surface area contributed by atoms with Crippen molar-refractivity contribution in [1.29, 1.82) is 0 Å². The molecule has 0 fully saturated rings. The lowest BCUT2D eigenvalue weighted by Gasteiger charge is -2.09. The van der Waals surface area contributed by atoms with Crippen LogP contribution in [0.15, 0.2) is 30.3 Å². The quantitative estimate of drug-likeness (QED) is 0.666. The highest BCUT2D eigenvalue weighted by molar-refractivity contribution is 6.37. The molecule has 0 aliphatic rings. The third kappa shape index (κ3) is 2.76. The first kappa shape index (κ1) is 12.3. The van der Waals surface area contributed by atoms with Gasteiger partial charge in [0, 0.05) is 11.3 Å². The summed E-state index contributed by atoms with van der Waals surface area (Å²) >= 11 is 11.8. The molecule has 17 heavy (non-hydrogen) atoms. The van der Waals surface area contributed by atoms with Crippen LogP contribution in [0.3, 0.4) is 0 Å². The van der Waals surface area contributed by atoms with E-state index in [1.54, 1.807) is 24.3 Å². The summed E-state index contributed by atoms with van der Waals surface area (Å²) in [6.07, 6.45) is 0.783. The van der Waals surface area contributed by atoms with Gasteiger partial charge in [0.2, 0.25) is 0 Å². The summed E-state index contributed by atoms with van der Waals surface area (Å²) in [6, 6.07) is 8.73. The summed E-state index contributed by atoms with van der Waals surface area (Å²) in [5.74, 6) is 1.44. The second-order valence-corrected chi connectivity index (χ2v) is 4.43. The summed E-state index contributed by atoms with van der Waals surface area (Å²) < 4.78 is 5.54. The standard InChI is InChI=1S/C13H12Cl2O2/c14-6-1-7-17-12-5-2-9-8-10(16)3-4-11(9)13(12)15/h2-5,8,16H,1,6-7H2. The Kier molecular flexibility index (Phi) is 3.97. The first-order valence-electron chi connectivity index (χ1n) is 5.32. The molecule has 90 valence electrons. The highest BCUT2D eigenvalue weighted by Gasteiger charge is 2.07. The zero-order valence-electron chi connectivity index (χ0n) is 9.12. The van der Waals surface area contributed by atoms with Crippen molar-refractivity contribution in [3.8, 4) is 11.5 Å². The fourth-order valence-corrected chi connectivity index (χ4v) is 2.01. The van der Waals surface area contributed by atoms with Gasteiger partial charge >= 0.3 is 0 Å². The van der Waals surface area contributed by atoms with Crippen LogP contribution in [0.1, 0.15) is 6.42 Å². The largest absolute Gasteiger partial charge is 0.508 e. The third-order valence-electron chi connectivity index (χ3n) is 2.44. The average Bonchev–Trinajstić information content (AvgIpc) is 2.32. The predicted molar refractivity (Wildman–Crippen MR) is 71.5 cm³/mol. The second kappa shape index (κ2) is 5.48. The average molecular weight is 271 g/mol.